The van der Waals surface area contributed by atoms with E-state index in [0.29, 0.717) is 5.16 Å². The third-order valence-corrected chi connectivity index (χ3v) is 6.71. The molecule has 0 atom stereocenters. The monoisotopic (exact) mass is 441 g/mol. The summed E-state index contributed by atoms with van der Waals surface area (Å²) in [5.74, 6) is 0.454. The predicted molar refractivity (Wildman–Crippen MR) is 119 cm³/mol. The molecule has 4 rings (SSSR count). The normalized spacial score (nSPS) is 14.4. The van der Waals surface area contributed by atoms with Gasteiger partial charge in [-0.1, -0.05) is 55.3 Å². The molecule has 2 N–H and O–H groups in total. The number of hydrogen-bond acceptors (Lipinski definition) is 6. The van der Waals surface area contributed by atoms with Crippen molar-refractivity contribution in [3.05, 3.63) is 47.8 Å². The van der Waals surface area contributed by atoms with Gasteiger partial charge in [-0.2, -0.15) is 0 Å². The molecule has 0 radical (unpaired) electrons. The van der Waals surface area contributed by atoms with Crippen molar-refractivity contribution in [3.8, 4) is 16.4 Å². The van der Waals surface area contributed by atoms with Crippen molar-refractivity contribution in [3.63, 3.8) is 0 Å². The Morgan fingerprint density at radius 3 is 2.60 bits per heavy atom. The van der Waals surface area contributed by atoms with Gasteiger partial charge in [0.1, 0.15) is 0 Å². The van der Waals surface area contributed by atoms with Crippen molar-refractivity contribution < 1.29 is 9.59 Å². The summed E-state index contributed by atoms with van der Waals surface area (Å²) >= 11 is 2.84. The molecule has 30 heavy (non-hydrogen) atoms. The lowest BCUT2D eigenvalue weighted by molar-refractivity contribution is -0.117. The Kier molecular flexibility index (Phi) is 6.81. The minimum Gasteiger partial charge on any atom is -0.335 e. The van der Waals surface area contributed by atoms with Crippen LogP contribution in [0.4, 0.5) is 4.79 Å². The lowest BCUT2D eigenvalue weighted by atomic mass is 9.96. The van der Waals surface area contributed by atoms with Gasteiger partial charge < -0.3 is 5.32 Å². The lowest BCUT2D eigenvalue weighted by Crippen LogP contribution is -2.45. The highest BCUT2D eigenvalue weighted by Crippen LogP contribution is 2.30. The Hall–Kier alpha value is -2.65. The molecule has 0 saturated heterocycles. The van der Waals surface area contributed by atoms with Crippen LogP contribution in [-0.4, -0.2) is 38.5 Å². The smallest absolute Gasteiger partial charge is 0.321 e. The quantitative estimate of drug-likeness (QED) is 0.559. The number of hydrogen-bond donors (Lipinski definition) is 2. The molecule has 1 aliphatic carbocycles. The number of nitrogens with one attached hydrogen (secondary N) is 2. The largest absolute Gasteiger partial charge is 0.335 e. The third kappa shape index (κ3) is 5.09. The van der Waals surface area contributed by atoms with Crippen molar-refractivity contribution >= 4 is 35.0 Å². The molecule has 2 aromatic heterocycles. The minimum atomic E-state index is -0.420. The third-order valence-electron chi connectivity index (χ3n) is 4.92. The minimum absolute atomic E-state index is 0.0769. The first-order valence-electron chi connectivity index (χ1n) is 9.98. The van der Waals surface area contributed by atoms with Crippen LogP contribution in [0.5, 0.6) is 0 Å². The topological polar surface area (TPSA) is 88.9 Å². The highest BCUT2D eigenvalue weighted by molar-refractivity contribution is 7.99. The average molecular weight is 442 g/mol. The first-order chi connectivity index (χ1) is 14.7. The fraction of sp³-hybridized carbons (Fsp3) is 0.333. The van der Waals surface area contributed by atoms with Crippen LogP contribution in [-0.2, 0) is 4.79 Å². The number of thiophene rings is 1. The Morgan fingerprint density at radius 2 is 1.87 bits per heavy atom. The summed E-state index contributed by atoms with van der Waals surface area (Å²) in [6, 6.07) is 13.5. The number of aromatic nitrogens is 3. The van der Waals surface area contributed by atoms with E-state index in [1.54, 1.807) is 11.3 Å². The molecule has 1 aliphatic rings. The van der Waals surface area contributed by atoms with E-state index in [9.17, 15) is 9.59 Å². The molecule has 3 aromatic rings. The maximum Gasteiger partial charge on any atom is 0.321 e. The number of rotatable bonds is 6. The molecular weight excluding hydrogens is 418 g/mol. The SMILES string of the molecule is O=C(CSc1nnc(-c2cccs2)n1-c1ccccc1)NC(=O)NC1CCCCC1. The van der Waals surface area contributed by atoms with Crippen molar-refractivity contribution in [1.82, 2.24) is 25.4 Å². The molecule has 0 aliphatic heterocycles. The summed E-state index contributed by atoms with van der Waals surface area (Å²) in [5, 5.41) is 16.6. The summed E-state index contributed by atoms with van der Waals surface area (Å²) in [6.45, 7) is 0. The van der Waals surface area contributed by atoms with Gasteiger partial charge in [0.15, 0.2) is 11.0 Å². The number of para-hydroxylation sites is 1. The number of nitrogens with zero attached hydrogens (tertiary/aromatic N) is 3. The highest BCUT2D eigenvalue weighted by atomic mass is 32.2. The summed E-state index contributed by atoms with van der Waals surface area (Å²) in [5.41, 5.74) is 0.920. The molecule has 0 unspecified atom stereocenters. The van der Waals surface area contributed by atoms with Crippen LogP contribution >= 0.6 is 23.1 Å². The van der Waals surface area contributed by atoms with E-state index in [0.717, 1.165) is 42.1 Å². The van der Waals surface area contributed by atoms with Crippen molar-refractivity contribution in [2.24, 2.45) is 0 Å². The second-order valence-corrected chi connectivity index (χ2v) is 8.99. The van der Waals surface area contributed by atoms with E-state index >= 15 is 0 Å². The van der Waals surface area contributed by atoms with Gasteiger partial charge in [0, 0.05) is 11.7 Å². The number of thioether (sulfide) groups is 1. The fourth-order valence-electron chi connectivity index (χ4n) is 3.50. The molecule has 9 heteroatoms. The molecule has 0 spiro atoms. The molecule has 156 valence electrons. The average Bonchev–Trinajstić information content (AvgIpc) is 3.43. The number of carbonyl (C=O) groups is 2. The zero-order valence-corrected chi connectivity index (χ0v) is 18.0. The highest BCUT2D eigenvalue weighted by Gasteiger charge is 2.20. The lowest BCUT2D eigenvalue weighted by Gasteiger charge is -2.22. The van der Waals surface area contributed by atoms with E-state index < -0.39 is 6.03 Å². The maximum atomic E-state index is 12.3. The fourth-order valence-corrected chi connectivity index (χ4v) is 4.95. The van der Waals surface area contributed by atoms with Crippen molar-refractivity contribution in [1.29, 1.82) is 0 Å². The van der Waals surface area contributed by atoms with E-state index in [2.05, 4.69) is 20.8 Å². The molecule has 3 amide bonds. The van der Waals surface area contributed by atoms with Crippen LogP contribution in [0.1, 0.15) is 32.1 Å². The van der Waals surface area contributed by atoms with E-state index in [4.69, 9.17) is 0 Å². The molecule has 7 nitrogen and oxygen atoms in total. The van der Waals surface area contributed by atoms with Gasteiger partial charge in [-0.3, -0.25) is 14.7 Å². The Morgan fingerprint density at radius 1 is 1.07 bits per heavy atom. The number of urea groups is 1. The summed E-state index contributed by atoms with van der Waals surface area (Å²) < 4.78 is 1.94. The molecule has 1 aromatic carbocycles. The summed E-state index contributed by atoms with van der Waals surface area (Å²) in [6.07, 6.45) is 5.40. The number of benzene rings is 1. The van der Waals surface area contributed by atoms with Gasteiger partial charge in [0.05, 0.1) is 10.6 Å². The Labute approximate surface area is 183 Å². The van der Waals surface area contributed by atoms with Crippen molar-refractivity contribution in [2.75, 3.05) is 5.75 Å². The number of amides is 3. The van der Waals surface area contributed by atoms with E-state index in [-0.39, 0.29) is 17.7 Å². The summed E-state index contributed by atoms with van der Waals surface area (Å²) in [4.78, 5) is 25.4. The van der Waals surface area contributed by atoms with Crippen LogP contribution in [0.3, 0.4) is 0 Å². The van der Waals surface area contributed by atoms with E-state index in [1.165, 1.54) is 18.2 Å². The molecule has 1 fully saturated rings. The first kappa shape index (κ1) is 20.6. The van der Waals surface area contributed by atoms with Gasteiger partial charge >= 0.3 is 6.03 Å². The molecule has 0 bridgehead atoms. The van der Waals surface area contributed by atoms with Gasteiger partial charge in [0.2, 0.25) is 5.91 Å². The van der Waals surface area contributed by atoms with Gasteiger partial charge in [0.25, 0.3) is 0 Å². The zero-order valence-electron chi connectivity index (χ0n) is 16.4. The van der Waals surface area contributed by atoms with Gasteiger partial charge in [-0.05, 0) is 36.4 Å². The van der Waals surface area contributed by atoms with Gasteiger partial charge in [-0.25, -0.2) is 4.79 Å². The first-order valence-corrected chi connectivity index (χ1v) is 11.8. The Balaban J connectivity index is 1.42. The number of carbonyl (C=O) groups excluding carboxylic acids is 2. The summed E-state index contributed by atoms with van der Waals surface area (Å²) in [7, 11) is 0. The van der Waals surface area contributed by atoms with Crippen LogP contribution in [0.2, 0.25) is 0 Å². The van der Waals surface area contributed by atoms with Gasteiger partial charge in [-0.15, -0.1) is 21.5 Å². The Bertz CT molecular complexity index is 982. The second kappa shape index (κ2) is 9.90. The maximum absolute atomic E-state index is 12.3. The molecule has 1 saturated carbocycles. The number of imide groups is 1. The second-order valence-electron chi connectivity index (χ2n) is 7.10. The van der Waals surface area contributed by atoms with Crippen LogP contribution < -0.4 is 10.6 Å². The van der Waals surface area contributed by atoms with Crippen LogP contribution in [0, 0.1) is 0 Å². The predicted octanol–water partition coefficient (Wildman–Crippen LogP) is 4.25. The zero-order chi connectivity index (χ0) is 20.8. The van der Waals surface area contributed by atoms with E-state index in [1.807, 2.05) is 52.4 Å². The molecule has 2 heterocycles. The van der Waals surface area contributed by atoms with Crippen LogP contribution in [0.25, 0.3) is 16.4 Å². The standard InChI is InChI=1S/C21H23N5O2S2/c27-18(23-20(28)22-15-8-3-1-4-9-15)14-30-21-25-24-19(17-12-7-13-29-17)26(21)16-10-5-2-6-11-16/h2,5-7,10-13,15H,1,3-4,8-9,14H2,(H2,22,23,27,28). The van der Waals surface area contributed by atoms with Crippen molar-refractivity contribution in [2.45, 2.75) is 43.3 Å². The van der Waals surface area contributed by atoms with Crippen LogP contribution in [0.15, 0.2) is 53.0 Å². The molecular formula is C21H23N5O2S2.